The Kier molecular flexibility index (Phi) is 5.85. The summed E-state index contributed by atoms with van der Waals surface area (Å²) >= 11 is 0. The predicted molar refractivity (Wildman–Crippen MR) is 101 cm³/mol. The molecule has 0 unspecified atom stereocenters. The first-order valence-electron chi connectivity index (χ1n) is 8.14. The van der Waals surface area contributed by atoms with Gasteiger partial charge in [-0.3, -0.25) is 5.32 Å². The van der Waals surface area contributed by atoms with Crippen molar-refractivity contribution in [3.8, 4) is 11.5 Å². The van der Waals surface area contributed by atoms with Crippen LogP contribution in [0.25, 0.3) is 0 Å². The lowest BCUT2D eigenvalue weighted by atomic mass is 10.2. The molecule has 0 radical (unpaired) electrons. The minimum Gasteiger partial charge on any atom is -0.493 e. The van der Waals surface area contributed by atoms with Gasteiger partial charge < -0.3 is 9.47 Å². The summed E-state index contributed by atoms with van der Waals surface area (Å²) in [5.74, 6) is 0.740. The van der Waals surface area contributed by atoms with Crippen LogP contribution in [0, 0.1) is 5.82 Å². The molecule has 0 bridgehead atoms. The molecule has 8 nitrogen and oxygen atoms in total. The molecule has 3 rings (SSSR count). The molecule has 1 heterocycles. The molecule has 142 valence electrons. The van der Waals surface area contributed by atoms with Crippen molar-refractivity contribution >= 4 is 18.1 Å². The Labute approximate surface area is 160 Å². The lowest BCUT2D eigenvalue weighted by Gasteiger charge is -2.13. The first-order chi connectivity index (χ1) is 13.6. The number of carbonyl (C=O) groups excluding carboxylic acids is 1. The number of methoxy groups -OCH3 is 1. The molecule has 28 heavy (non-hydrogen) atoms. The maximum atomic E-state index is 13.0. The van der Waals surface area contributed by atoms with Crippen molar-refractivity contribution < 1.29 is 18.7 Å². The third-order valence-electron chi connectivity index (χ3n) is 3.64. The van der Waals surface area contributed by atoms with Gasteiger partial charge in [-0.05, 0) is 29.8 Å². The molecule has 9 heteroatoms. The summed E-state index contributed by atoms with van der Waals surface area (Å²) in [6.45, 7) is 3.83. The smallest absolute Gasteiger partial charge is 0.365 e. The molecule has 2 aromatic rings. The zero-order valence-corrected chi connectivity index (χ0v) is 14.9. The van der Waals surface area contributed by atoms with Crippen LogP contribution in [-0.2, 0) is 6.61 Å². The summed E-state index contributed by atoms with van der Waals surface area (Å²) in [6.07, 6.45) is 1.45. The van der Waals surface area contributed by atoms with Crippen molar-refractivity contribution in [1.29, 1.82) is 0 Å². The molecule has 0 atom stereocenters. The molecule has 0 spiro atoms. The van der Waals surface area contributed by atoms with Crippen LogP contribution in [-0.4, -0.2) is 25.2 Å². The minimum atomic E-state index is -0.647. The van der Waals surface area contributed by atoms with Gasteiger partial charge in [-0.1, -0.05) is 29.9 Å². The van der Waals surface area contributed by atoms with Gasteiger partial charge >= 0.3 is 6.03 Å². The summed E-state index contributed by atoms with van der Waals surface area (Å²) in [6, 6.07) is 10.6. The number of nitrogens with zero attached hydrogens (tertiary/aromatic N) is 4. The van der Waals surface area contributed by atoms with Crippen molar-refractivity contribution in [2.75, 3.05) is 7.11 Å². The lowest BCUT2D eigenvalue weighted by Crippen LogP contribution is -2.31. The van der Waals surface area contributed by atoms with Gasteiger partial charge in [-0.25, -0.2) is 9.18 Å². The van der Waals surface area contributed by atoms with Gasteiger partial charge in [0.2, 0.25) is 0 Å². The maximum Gasteiger partial charge on any atom is 0.365 e. The van der Waals surface area contributed by atoms with E-state index in [0.29, 0.717) is 17.1 Å². The van der Waals surface area contributed by atoms with Crippen LogP contribution in [0.1, 0.15) is 11.1 Å². The number of urea groups is 1. The van der Waals surface area contributed by atoms with Gasteiger partial charge in [0.05, 0.1) is 13.3 Å². The number of amides is 2. The molecule has 2 aromatic carbocycles. The Morgan fingerprint density at radius 1 is 1.21 bits per heavy atom. The molecule has 0 aliphatic carbocycles. The van der Waals surface area contributed by atoms with E-state index in [1.165, 1.54) is 25.5 Å². The second-order valence-corrected chi connectivity index (χ2v) is 5.56. The van der Waals surface area contributed by atoms with Crippen molar-refractivity contribution in [2.24, 2.45) is 20.4 Å². The predicted octanol–water partition coefficient (Wildman–Crippen LogP) is 3.83. The van der Waals surface area contributed by atoms with E-state index in [4.69, 9.17) is 9.47 Å². The number of halogens is 1. The fourth-order valence-corrected chi connectivity index (χ4v) is 2.27. The lowest BCUT2D eigenvalue weighted by molar-refractivity contribution is 0.251. The van der Waals surface area contributed by atoms with Crippen LogP contribution in [0.2, 0.25) is 0 Å². The Hall–Kier alpha value is -3.88. The van der Waals surface area contributed by atoms with Gasteiger partial charge in [-0.15, -0.1) is 10.2 Å². The average molecular weight is 381 g/mol. The average Bonchev–Trinajstić information content (AvgIpc) is 2.70. The first-order valence-corrected chi connectivity index (χ1v) is 8.14. The second kappa shape index (κ2) is 8.67. The number of hydrogen-bond acceptors (Lipinski definition) is 6. The van der Waals surface area contributed by atoms with E-state index in [-0.39, 0.29) is 24.0 Å². The van der Waals surface area contributed by atoms with E-state index in [9.17, 15) is 9.18 Å². The number of para-hydroxylation sites is 1. The Morgan fingerprint density at radius 3 is 2.75 bits per heavy atom. The fourth-order valence-electron chi connectivity index (χ4n) is 2.27. The highest BCUT2D eigenvalue weighted by Gasteiger charge is 2.14. The number of carbonyl (C=O) groups is 1. The van der Waals surface area contributed by atoms with E-state index in [0.717, 1.165) is 5.56 Å². The summed E-state index contributed by atoms with van der Waals surface area (Å²) in [5, 5.41) is 17.1. The van der Waals surface area contributed by atoms with Crippen LogP contribution in [0.5, 0.6) is 11.5 Å². The molecular weight excluding hydrogens is 365 g/mol. The van der Waals surface area contributed by atoms with Crippen LogP contribution >= 0.6 is 0 Å². The Bertz CT molecular complexity index is 984. The van der Waals surface area contributed by atoms with Crippen molar-refractivity contribution in [3.05, 3.63) is 71.7 Å². The van der Waals surface area contributed by atoms with Crippen molar-refractivity contribution in [2.45, 2.75) is 6.61 Å². The molecule has 0 saturated heterocycles. The van der Waals surface area contributed by atoms with Crippen LogP contribution in [0.15, 0.2) is 75.2 Å². The third-order valence-corrected chi connectivity index (χ3v) is 3.64. The van der Waals surface area contributed by atoms with E-state index in [1.54, 1.807) is 30.3 Å². The highest BCUT2D eigenvalue weighted by Crippen LogP contribution is 2.31. The normalized spacial score (nSPS) is 15.1. The SMILES string of the molecule is C=C1N=NC(=O)N/C1=N/N=C/c1cccc(OC)c1OCc1ccc(F)cc1. The van der Waals surface area contributed by atoms with Crippen LogP contribution in [0.3, 0.4) is 0 Å². The zero-order valence-electron chi connectivity index (χ0n) is 14.9. The summed E-state index contributed by atoms with van der Waals surface area (Å²) in [7, 11) is 1.52. The second-order valence-electron chi connectivity index (χ2n) is 5.56. The van der Waals surface area contributed by atoms with Gasteiger partial charge in [0.1, 0.15) is 18.1 Å². The summed E-state index contributed by atoms with van der Waals surface area (Å²) in [5.41, 5.74) is 1.58. The molecule has 2 amide bonds. The van der Waals surface area contributed by atoms with E-state index in [1.807, 2.05) is 0 Å². The van der Waals surface area contributed by atoms with Crippen LogP contribution in [0.4, 0.5) is 9.18 Å². The number of hydrogen-bond donors (Lipinski definition) is 1. The van der Waals surface area contributed by atoms with Crippen molar-refractivity contribution in [1.82, 2.24) is 5.32 Å². The minimum absolute atomic E-state index is 0.105. The first kappa shape index (κ1) is 18.9. The highest BCUT2D eigenvalue weighted by molar-refractivity contribution is 6.08. The number of ether oxygens (including phenoxy) is 2. The molecule has 1 aliphatic heterocycles. The molecular formula is C19H16FN5O3. The van der Waals surface area contributed by atoms with E-state index in [2.05, 4.69) is 32.3 Å². The number of benzene rings is 2. The van der Waals surface area contributed by atoms with Crippen molar-refractivity contribution in [3.63, 3.8) is 0 Å². The van der Waals surface area contributed by atoms with E-state index < -0.39 is 6.03 Å². The number of rotatable bonds is 6. The maximum absolute atomic E-state index is 13.0. The standard InChI is InChI=1S/C19H16FN5O3/c1-12-18(22-19(26)25-23-12)24-21-10-14-4-3-5-16(27-2)17(14)28-11-13-6-8-15(20)9-7-13/h3-10H,1,11H2,2H3,(H,22,24,26)/b21-10+. The number of amidine groups is 1. The van der Waals surface area contributed by atoms with Gasteiger partial charge in [0, 0.05) is 5.56 Å². The molecule has 0 saturated carbocycles. The Balaban J connectivity index is 1.80. The molecule has 0 aromatic heterocycles. The summed E-state index contributed by atoms with van der Waals surface area (Å²) in [4.78, 5) is 11.2. The molecule has 1 N–H and O–H groups in total. The third kappa shape index (κ3) is 4.64. The largest absolute Gasteiger partial charge is 0.493 e. The fraction of sp³-hybridized carbons (Fsp3) is 0.105. The topological polar surface area (TPSA) is 97.0 Å². The van der Waals surface area contributed by atoms with Gasteiger partial charge in [0.25, 0.3) is 0 Å². The summed E-state index contributed by atoms with van der Waals surface area (Å²) < 4.78 is 24.2. The van der Waals surface area contributed by atoms with Crippen LogP contribution < -0.4 is 14.8 Å². The van der Waals surface area contributed by atoms with Gasteiger partial charge in [-0.2, -0.15) is 5.10 Å². The Morgan fingerprint density at radius 2 is 2.00 bits per heavy atom. The van der Waals surface area contributed by atoms with E-state index >= 15 is 0 Å². The van der Waals surface area contributed by atoms with Gasteiger partial charge in [0.15, 0.2) is 17.3 Å². The quantitative estimate of drug-likeness (QED) is 0.608. The molecule has 1 aliphatic rings. The number of nitrogens with one attached hydrogen (secondary N) is 1. The molecule has 0 fully saturated rings. The monoisotopic (exact) mass is 381 g/mol. The highest BCUT2D eigenvalue weighted by atomic mass is 19.1. The zero-order chi connectivity index (χ0) is 19.9. The number of azo groups is 1.